The molecular formula is C32H34N2O2. The minimum absolute atomic E-state index is 0.0454. The smallest absolute Gasteiger partial charge is 0.256 e. The minimum atomic E-state index is -0.209. The summed E-state index contributed by atoms with van der Waals surface area (Å²) in [5.74, 6) is -0.418. The molecule has 4 rings (SSSR count). The quantitative estimate of drug-likeness (QED) is 0.313. The van der Waals surface area contributed by atoms with Crippen LogP contribution in [0, 0.1) is 0 Å². The predicted molar refractivity (Wildman–Crippen MR) is 150 cm³/mol. The van der Waals surface area contributed by atoms with Crippen molar-refractivity contribution < 1.29 is 9.59 Å². The molecule has 2 N–H and O–H groups in total. The zero-order chi connectivity index (χ0) is 26.1. The molecule has 4 aromatic rings. The van der Waals surface area contributed by atoms with Gasteiger partial charge in [0, 0.05) is 22.5 Å². The Balaban J connectivity index is 1.58. The Bertz CT molecular complexity index is 1290. The number of anilines is 2. The Kier molecular flexibility index (Phi) is 6.73. The largest absolute Gasteiger partial charge is 0.322 e. The van der Waals surface area contributed by atoms with Crippen molar-refractivity contribution in [2.75, 3.05) is 10.6 Å². The number of amides is 2. The summed E-state index contributed by atoms with van der Waals surface area (Å²) in [6, 6.07) is 26.8. The molecule has 0 aliphatic carbocycles. The van der Waals surface area contributed by atoms with E-state index in [0.717, 1.165) is 22.1 Å². The SMILES string of the molecule is CC(C)(C)c1ccc(NC(=O)c2ccc(C(=O)Nc3ccc(C(C)(C)C)cc3)c3ccccc23)cc1. The molecule has 0 heterocycles. The zero-order valence-corrected chi connectivity index (χ0v) is 21.9. The number of benzene rings is 4. The van der Waals surface area contributed by atoms with Crippen molar-refractivity contribution in [3.63, 3.8) is 0 Å². The van der Waals surface area contributed by atoms with Crippen molar-refractivity contribution >= 4 is 34.0 Å². The second-order valence-corrected chi connectivity index (χ2v) is 11.3. The topological polar surface area (TPSA) is 58.2 Å². The van der Waals surface area contributed by atoms with E-state index >= 15 is 0 Å². The van der Waals surface area contributed by atoms with Crippen LogP contribution in [0.1, 0.15) is 73.4 Å². The molecule has 0 aliphatic heterocycles. The summed E-state index contributed by atoms with van der Waals surface area (Å²) in [7, 11) is 0. The average Bonchev–Trinajstić information content (AvgIpc) is 2.82. The molecule has 4 aromatic carbocycles. The van der Waals surface area contributed by atoms with Gasteiger partial charge in [0.2, 0.25) is 0 Å². The Hall–Kier alpha value is -3.92. The molecule has 0 radical (unpaired) electrons. The fourth-order valence-corrected chi connectivity index (χ4v) is 4.20. The van der Waals surface area contributed by atoms with Crippen LogP contribution in [0.3, 0.4) is 0 Å². The van der Waals surface area contributed by atoms with Crippen LogP contribution in [0.4, 0.5) is 11.4 Å². The van der Waals surface area contributed by atoms with Gasteiger partial charge in [-0.25, -0.2) is 0 Å². The number of nitrogens with one attached hydrogen (secondary N) is 2. The van der Waals surface area contributed by atoms with Gasteiger partial charge in [0.05, 0.1) is 0 Å². The number of carbonyl (C=O) groups excluding carboxylic acids is 2. The van der Waals surface area contributed by atoms with Crippen LogP contribution in [0.5, 0.6) is 0 Å². The van der Waals surface area contributed by atoms with Crippen molar-refractivity contribution in [2.45, 2.75) is 52.4 Å². The van der Waals surface area contributed by atoms with E-state index in [1.54, 1.807) is 12.1 Å². The highest BCUT2D eigenvalue weighted by Crippen LogP contribution is 2.27. The van der Waals surface area contributed by atoms with E-state index in [1.807, 2.05) is 72.8 Å². The maximum absolute atomic E-state index is 13.2. The average molecular weight is 479 g/mol. The van der Waals surface area contributed by atoms with Crippen LogP contribution in [-0.2, 0) is 10.8 Å². The second kappa shape index (κ2) is 9.62. The molecule has 0 fully saturated rings. The highest BCUT2D eigenvalue weighted by atomic mass is 16.2. The first-order chi connectivity index (χ1) is 16.9. The highest BCUT2D eigenvalue weighted by molar-refractivity contribution is 6.19. The number of hydrogen-bond acceptors (Lipinski definition) is 2. The highest BCUT2D eigenvalue weighted by Gasteiger charge is 2.18. The van der Waals surface area contributed by atoms with E-state index in [4.69, 9.17) is 0 Å². The van der Waals surface area contributed by atoms with E-state index < -0.39 is 0 Å². The van der Waals surface area contributed by atoms with Gasteiger partial charge < -0.3 is 10.6 Å². The van der Waals surface area contributed by atoms with Crippen LogP contribution in [0.2, 0.25) is 0 Å². The monoisotopic (exact) mass is 478 g/mol. The van der Waals surface area contributed by atoms with Gasteiger partial charge in [0.15, 0.2) is 0 Å². The van der Waals surface area contributed by atoms with Gasteiger partial charge in [-0.15, -0.1) is 0 Å². The lowest BCUT2D eigenvalue weighted by molar-refractivity contribution is 0.101. The summed E-state index contributed by atoms with van der Waals surface area (Å²) in [5.41, 5.74) is 5.01. The molecule has 0 aromatic heterocycles. The van der Waals surface area contributed by atoms with Crippen molar-refractivity contribution in [1.82, 2.24) is 0 Å². The first-order valence-electron chi connectivity index (χ1n) is 12.3. The standard InChI is InChI=1S/C32H34N2O2/c1-31(2,3)21-11-15-23(16-12-21)33-29(35)27-19-20-28(26-10-8-7-9-25(26)27)30(36)34-24-17-13-22(14-18-24)32(4,5)6/h7-20H,1-6H3,(H,33,35)(H,34,36). The molecule has 2 amide bonds. The first kappa shape index (κ1) is 25.2. The Morgan fingerprint density at radius 3 is 1.14 bits per heavy atom. The van der Waals surface area contributed by atoms with Crippen molar-refractivity contribution in [3.05, 3.63) is 107 Å². The minimum Gasteiger partial charge on any atom is -0.322 e. The third-order valence-electron chi connectivity index (χ3n) is 6.43. The van der Waals surface area contributed by atoms with E-state index in [0.29, 0.717) is 11.1 Å². The molecule has 0 saturated heterocycles. The summed E-state index contributed by atoms with van der Waals surface area (Å²) in [6.07, 6.45) is 0. The maximum Gasteiger partial charge on any atom is 0.256 e. The van der Waals surface area contributed by atoms with E-state index in [2.05, 4.69) is 52.2 Å². The maximum atomic E-state index is 13.2. The zero-order valence-electron chi connectivity index (χ0n) is 21.9. The molecule has 0 aliphatic rings. The van der Waals surface area contributed by atoms with Gasteiger partial charge in [-0.05, 0) is 69.1 Å². The third-order valence-corrected chi connectivity index (χ3v) is 6.43. The normalized spacial score (nSPS) is 11.8. The van der Waals surface area contributed by atoms with Crippen LogP contribution < -0.4 is 10.6 Å². The summed E-state index contributed by atoms with van der Waals surface area (Å²) >= 11 is 0. The lowest BCUT2D eigenvalue weighted by atomic mass is 9.87. The number of hydrogen-bond donors (Lipinski definition) is 2. The first-order valence-corrected chi connectivity index (χ1v) is 12.3. The van der Waals surface area contributed by atoms with Crippen LogP contribution in [0.15, 0.2) is 84.9 Å². The fourth-order valence-electron chi connectivity index (χ4n) is 4.20. The summed E-state index contributed by atoms with van der Waals surface area (Å²) in [6.45, 7) is 12.9. The van der Waals surface area contributed by atoms with Gasteiger partial charge in [-0.1, -0.05) is 90.1 Å². The molecule has 4 nitrogen and oxygen atoms in total. The molecule has 0 atom stereocenters. The van der Waals surface area contributed by atoms with E-state index in [9.17, 15) is 9.59 Å². The Labute approximate surface area is 213 Å². The third kappa shape index (κ3) is 5.49. The summed E-state index contributed by atoms with van der Waals surface area (Å²) in [5, 5.41) is 7.46. The van der Waals surface area contributed by atoms with E-state index in [1.165, 1.54) is 11.1 Å². The van der Waals surface area contributed by atoms with Crippen molar-refractivity contribution in [2.24, 2.45) is 0 Å². The number of rotatable bonds is 4. The number of carbonyl (C=O) groups is 2. The number of fused-ring (bicyclic) bond motifs is 1. The molecule has 0 spiro atoms. The van der Waals surface area contributed by atoms with Gasteiger partial charge in [-0.3, -0.25) is 9.59 Å². The molecule has 0 unspecified atom stereocenters. The fraction of sp³-hybridized carbons (Fsp3) is 0.250. The van der Waals surface area contributed by atoms with Crippen molar-refractivity contribution in [3.8, 4) is 0 Å². The summed E-state index contributed by atoms with van der Waals surface area (Å²) in [4.78, 5) is 26.4. The van der Waals surface area contributed by atoms with E-state index in [-0.39, 0.29) is 22.6 Å². The molecule has 4 heteroatoms. The van der Waals surface area contributed by atoms with Gasteiger partial charge in [0.1, 0.15) is 0 Å². The van der Waals surface area contributed by atoms with Crippen LogP contribution in [0.25, 0.3) is 10.8 Å². The second-order valence-electron chi connectivity index (χ2n) is 11.3. The lowest BCUT2D eigenvalue weighted by Gasteiger charge is -2.19. The molecule has 0 saturated carbocycles. The summed E-state index contributed by atoms with van der Waals surface area (Å²) < 4.78 is 0. The predicted octanol–water partition coefficient (Wildman–Crippen LogP) is 7.94. The Morgan fingerprint density at radius 2 is 0.833 bits per heavy atom. The molecule has 36 heavy (non-hydrogen) atoms. The molecule has 0 bridgehead atoms. The van der Waals surface area contributed by atoms with Crippen LogP contribution in [-0.4, -0.2) is 11.8 Å². The molecule has 184 valence electrons. The van der Waals surface area contributed by atoms with Gasteiger partial charge >= 0.3 is 0 Å². The molecular weight excluding hydrogens is 444 g/mol. The lowest BCUT2D eigenvalue weighted by Crippen LogP contribution is -2.16. The van der Waals surface area contributed by atoms with Gasteiger partial charge in [0.25, 0.3) is 11.8 Å². The van der Waals surface area contributed by atoms with Gasteiger partial charge in [-0.2, -0.15) is 0 Å². The van der Waals surface area contributed by atoms with Crippen molar-refractivity contribution in [1.29, 1.82) is 0 Å². The Morgan fingerprint density at radius 1 is 0.500 bits per heavy atom. The van der Waals surface area contributed by atoms with Crippen LogP contribution >= 0.6 is 0 Å².